The maximum atomic E-state index is 13.2. The molecule has 5 nitrogen and oxygen atoms in total. The second kappa shape index (κ2) is 8.63. The van der Waals surface area contributed by atoms with Gasteiger partial charge in [0.15, 0.2) is 9.84 Å². The maximum absolute atomic E-state index is 13.2. The highest BCUT2D eigenvalue weighted by atomic mass is 32.2. The van der Waals surface area contributed by atoms with E-state index in [1.165, 1.54) is 5.41 Å². The molecule has 1 atom stereocenters. The van der Waals surface area contributed by atoms with Crippen LogP contribution in [0.2, 0.25) is 0 Å². The van der Waals surface area contributed by atoms with Crippen molar-refractivity contribution < 1.29 is 13.2 Å². The van der Waals surface area contributed by atoms with Crippen molar-refractivity contribution in [2.45, 2.75) is 19.0 Å². The molecular weight excluding hydrogens is 396 g/mol. The number of pyridine rings is 1. The summed E-state index contributed by atoms with van der Waals surface area (Å²) in [6.45, 7) is 0.341. The monoisotopic (exact) mass is 418 g/mol. The standard InChI is InChI=1S/C24H22N2O3S/c27-24(16-19-6-8-22(9-7-19)21-4-2-1-3-5-21)26(17-20-10-13-25-14-11-20)23-12-15-30(28,29)18-23/h1-15,23H,16-18H2. The summed E-state index contributed by atoms with van der Waals surface area (Å²) in [4.78, 5) is 18.8. The first-order chi connectivity index (χ1) is 14.5. The normalized spacial score (nSPS) is 17.0. The van der Waals surface area contributed by atoms with Gasteiger partial charge in [0.1, 0.15) is 0 Å². The van der Waals surface area contributed by atoms with Gasteiger partial charge in [-0.2, -0.15) is 0 Å². The van der Waals surface area contributed by atoms with E-state index in [9.17, 15) is 13.2 Å². The summed E-state index contributed by atoms with van der Waals surface area (Å²) in [6.07, 6.45) is 5.15. The maximum Gasteiger partial charge on any atom is 0.227 e. The molecule has 30 heavy (non-hydrogen) atoms. The van der Waals surface area contributed by atoms with Crippen molar-refractivity contribution in [2.75, 3.05) is 5.75 Å². The Hall–Kier alpha value is -3.25. The van der Waals surface area contributed by atoms with Crippen LogP contribution in [0, 0.1) is 0 Å². The van der Waals surface area contributed by atoms with Crippen LogP contribution in [-0.4, -0.2) is 36.0 Å². The van der Waals surface area contributed by atoms with Gasteiger partial charge in [0, 0.05) is 24.3 Å². The van der Waals surface area contributed by atoms with Crippen LogP contribution in [0.15, 0.2) is 90.6 Å². The van der Waals surface area contributed by atoms with E-state index in [-0.39, 0.29) is 18.1 Å². The highest BCUT2D eigenvalue weighted by Gasteiger charge is 2.30. The number of carbonyl (C=O) groups is 1. The molecule has 0 N–H and O–H groups in total. The zero-order valence-corrected chi connectivity index (χ0v) is 17.2. The van der Waals surface area contributed by atoms with Crippen LogP contribution in [0.1, 0.15) is 11.1 Å². The Balaban J connectivity index is 1.52. The number of rotatable bonds is 6. The minimum absolute atomic E-state index is 0.0727. The fourth-order valence-corrected chi connectivity index (χ4v) is 4.85. The van der Waals surface area contributed by atoms with Crippen molar-refractivity contribution in [2.24, 2.45) is 0 Å². The van der Waals surface area contributed by atoms with Crippen molar-refractivity contribution in [3.63, 3.8) is 0 Å². The van der Waals surface area contributed by atoms with E-state index in [0.29, 0.717) is 6.54 Å². The number of benzene rings is 2. The van der Waals surface area contributed by atoms with Gasteiger partial charge in [-0.1, -0.05) is 54.6 Å². The third-order valence-electron chi connectivity index (χ3n) is 5.15. The van der Waals surface area contributed by atoms with Crippen LogP contribution in [0.5, 0.6) is 0 Å². The molecule has 0 saturated carbocycles. The van der Waals surface area contributed by atoms with Gasteiger partial charge in [-0.05, 0) is 40.5 Å². The summed E-state index contributed by atoms with van der Waals surface area (Å²) < 4.78 is 23.8. The van der Waals surface area contributed by atoms with Crippen LogP contribution >= 0.6 is 0 Å². The quantitative estimate of drug-likeness (QED) is 0.613. The zero-order chi connectivity index (χ0) is 21.0. The fraction of sp³-hybridized carbons (Fsp3) is 0.167. The lowest BCUT2D eigenvalue weighted by atomic mass is 10.0. The Morgan fingerprint density at radius 3 is 2.20 bits per heavy atom. The number of amides is 1. The predicted molar refractivity (Wildman–Crippen MR) is 117 cm³/mol. The highest BCUT2D eigenvalue weighted by molar-refractivity contribution is 7.94. The van der Waals surface area contributed by atoms with E-state index in [0.717, 1.165) is 22.3 Å². The van der Waals surface area contributed by atoms with E-state index in [2.05, 4.69) is 4.98 Å². The Labute approximate surface area is 176 Å². The van der Waals surface area contributed by atoms with Gasteiger partial charge in [-0.15, -0.1) is 0 Å². The van der Waals surface area contributed by atoms with Crippen molar-refractivity contribution in [3.05, 3.63) is 102 Å². The molecule has 1 aliphatic rings. The second-order valence-corrected chi connectivity index (χ2v) is 9.27. The molecule has 0 fully saturated rings. The minimum atomic E-state index is -3.26. The molecule has 0 saturated heterocycles. The third-order valence-corrected chi connectivity index (χ3v) is 6.53. The lowest BCUT2D eigenvalue weighted by Gasteiger charge is -2.28. The molecule has 6 heteroatoms. The smallest absolute Gasteiger partial charge is 0.227 e. The highest BCUT2D eigenvalue weighted by Crippen LogP contribution is 2.22. The summed E-state index contributed by atoms with van der Waals surface area (Å²) in [6, 6.07) is 21.2. The molecule has 0 spiro atoms. The molecule has 3 aromatic rings. The molecule has 1 aromatic heterocycles. The van der Waals surface area contributed by atoms with E-state index in [4.69, 9.17) is 0 Å². The van der Waals surface area contributed by atoms with E-state index in [1.807, 2.05) is 66.7 Å². The Morgan fingerprint density at radius 2 is 1.57 bits per heavy atom. The average Bonchev–Trinajstić information content (AvgIpc) is 3.13. The van der Waals surface area contributed by atoms with E-state index < -0.39 is 15.9 Å². The molecule has 1 amide bonds. The van der Waals surface area contributed by atoms with Gasteiger partial charge in [0.05, 0.1) is 18.2 Å². The lowest BCUT2D eigenvalue weighted by molar-refractivity contribution is -0.132. The van der Waals surface area contributed by atoms with Crippen LogP contribution in [0.25, 0.3) is 11.1 Å². The molecule has 0 aliphatic carbocycles. The zero-order valence-electron chi connectivity index (χ0n) is 16.4. The molecule has 2 aromatic carbocycles. The van der Waals surface area contributed by atoms with Crippen molar-refractivity contribution in [1.29, 1.82) is 0 Å². The van der Waals surface area contributed by atoms with Gasteiger partial charge in [-0.3, -0.25) is 9.78 Å². The summed E-state index contributed by atoms with van der Waals surface area (Å²) in [5, 5.41) is 1.21. The van der Waals surface area contributed by atoms with Gasteiger partial charge < -0.3 is 4.90 Å². The molecule has 1 unspecified atom stereocenters. The first-order valence-electron chi connectivity index (χ1n) is 9.74. The number of sulfone groups is 1. The van der Waals surface area contributed by atoms with Crippen LogP contribution in [0.3, 0.4) is 0 Å². The molecule has 0 bridgehead atoms. The van der Waals surface area contributed by atoms with Crippen LogP contribution < -0.4 is 0 Å². The summed E-state index contributed by atoms with van der Waals surface area (Å²) >= 11 is 0. The summed E-state index contributed by atoms with van der Waals surface area (Å²) in [5.41, 5.74) is 4.01. The number of carbonyl (C=O) groups excluding carboxylic acids is 1. The Morgan fingerprint density at radius 1 is 0.900 bits per heavy atom. The second-order valence-electron chi connectivity index (χ2n) is 7.34. The van der Waals surface area contributed by atoms with Crippen molar-refractivity contribution in [3.8, 4) is 11.1 Å². The molecule has 0 radical (unpaired) electrons. The number of hydrogen-bond acceptors (Lipinski definition) is 4. The van der Waals surface area contributed by atoms with Crippen LogP contribution in [-0.2, 0) is 27.6 Å². The number of hydrogen-bond donors (Lipinski definition) is 0. The fourth-order valence-electron chi connectivity index (χ4n) is 3.55. The number of aromatic nitrogens is 1. The van der Waals surface area contributed by atoms with Gasteiger partial charge in [0.25, 0.3) is 0 Å². The molecular formula is C24H22N2O3S. The topological polar surface area (TPSA) is 67.3 Å². The van der Waals surface area contributed by atoms with Gasteiger partial charge in [0.2, 0.25) is 5.91 Å². The van der Waals surface area contributed by atoms with Crippen molar-refractivity contribution in [1.82, 2.24) is 9.88 Å². The first kappa shape index (κ1) is 20.0. The van der Waals surface area contributed by atoms with Gasteiger partial charge in [-0.25, -0.2) is 8.42 Å². The molecule has 2 heterocycles. The van der Waals surface area contributed by atoms with E-state index in [1.54, 1.807) is 23.4 Å². The van der Waals surface area contributed by atoms with Crippen LogP contribution in [0.4, 0.5) is 0 Å². The predicted octanol–water partition coefficient (Wildman–Crippen LogP) is 3.63. The number of nitrogens with zero attached hydrogens (tertiary/aromatic N) is 2. The lowest BCUT2D eigenvalue weighted by Crippen LogP contribution is -2.41. The first-order valence-corrected chi connectivity index (χ1v) is 11.5. The molecule has 4 rings (SSSR count). The molecule has 152 valence electrons. The molecule has 1 aliphatic heterocycles. The Bertz CT molecular complexity index is 1140. The summed E-state index contributed by atoms with van der Waals surface area (Å²) in [5.74, 6) is -0.178. The average molecular weight is 419 g/mol. The van der Waals surface area contributed by atoms with Crippen molar-refractivity contribution >= 4 is 15.7 Å². The van der Waals surface area contributed by atoms with Gasteiger partial charge >= 0.3 is 0 Å². The van der Waals surface area contributed by atoms with E-state index >= 15 is 0 Å². The summed E-state index contributed by atoms with van der Waals surface area (Å²) in [7, 11) is -3.26. The Kier molecular flexibility index (Phi) is 5.77. The largest absolute Gasteiger partial charge is 0.331 e. The minimum Gasteiger partial charge on any atom is -0.331 e. The SMILES string of the molecule is O=C(Cc1ccc(-c2ccccc2)cc1)N(Cc1ccncc1)C1C=CS(=O)(=O)C1. The third kappa shape index (κ3) is 4.83.